The fraction of sp³-hybridized carbons (Fsp3) is 0.474. The maximum absolute atomic E-state index is 12.7. The Bertz CT molecular complexity index is 705. The van der Waals surface area contributed by atoms with Gasteiger partial charge in [-0.05, 0) is 30.5 Å². The minimum Gasteiger partial charge on any atom is -0.503 e. The van der Waals surface area contributed by atoms with Gasteiger partial charge in [0.15, 0.2) is 11.5 Å². The summed E-state index contributed by atoms with van der Waals surface area (Å²) in [4.78, 5) is 26.9. The molecule has 0 saturated carbocycles. The van der Waals surface area contributed by atoms with Gasteiger partial charge >= 0.3 is 0 Å². The second-order valence-electron chi connectivity index (χ2n) is 6.83. The van der Waals surface area contributed by atoms with Gasteiger partial charge in [0.05, 0.1) is 17.7 Å². The number of aliphatic hydroxyl groups is 1. The van der Waals surface area contributed by atoms with Crippen molar-refractivity contribution in [2.45, 2.75) is 38.8 Å². The van der Waals surface area contributed by atoms with Gasteiger partial charge < -0.3 is 14.7 Å². The number of carbonyl (C=O) groups is 2. The van der Waals surface area contributed by atoms with Crippen molar-refractivity contribution >= 4 is 23.3 Å². The summed E-state index contributed by atoms with van der Waals surface area (Å²) < 4.78 is 5.64. The molecule has 0 spiro atoms. The molecule has 0 aliphatic carbocycles. The second kappa shape index (κ2) is 7.18. The molecular weight excluding hydrogens is 342 g/mol. The van der Waals surface area contributed by atoms with E-state index in [0.29, 0.717) is 18.2 Å². The van der Waals surface area contributed by atoms with Gasteiger partial charge in [0.1, 0.15) is 0 Å². The summed E-state index contributed by atoms with van der Waals surface area (Å²) in [6.45, 7) is 4.55. The average molecular weight is 364 g/mol. The van der Waals surface area contributed by atoms with Crippen LogP contribution < -0.4 is 0 Å². The minimum absolute atomic E-state index is 0.0694. The smallest absolute Gasteiger partial charge is 0.290 e. The van der Waals surface area contributed by atoms with E-state index in [1.54, 1.807) is 43.0 Å². The highest BCUT2D eigenvalue weighted by atomic mass is 35.5. The van der Waals surface area contributed by atoms with Gasteiger partial charge in [0.25, 0.3) is 5.91 Å². The minimum atomic E-state index is -0.608. The molecule has 25 heavy (non-hydrogen) atoms. The molecule has 1 fully saturated rings. The maximum Gasteiger partial charge on any atom is 0.290 e. The topological polar surface area (TPSA) is 66.8 Å². The molecule has 134 valence electrons. The number of hydrogen-bond acceptors (Lipinski definition) is 4. The van der Waals surface area contributed by atoms with Gasteiger partial charge in [-0.3, -0.25) is 9.59 Å². The first-order valence-electron chi connectivity index (χ1n) is 8.55. The Hall–Kier alpha value is -1.85. The molecule has 0 radical (unpaired) electrons. The number of aliphatic hydroxyl groups excluding tert-OH is 1. The van der Waals surface area contributed by atoms with Crippen molar-refractivity contribution in [2.24, 2.45) is 5.92 Å². The SMILES string of the molecule is CC(C)C(=O)C1=C(O)C(=O)N(CC2CCCO2)C1c1ccc(Cl)cc1. The van der Waals surface area contributed by atoms with Crippen molar-refractivity contribution in [2.75, 3.05) is 13.2 Å². The lowest BCUT2D eigenvalue weighted by Gasteiger charge is -2.29. The third kappa shape index (κ3) is 3.44. The summed E-state index contributed by atoms with van der Waals surface area (Å²) in [6.07, 6.45) is 1.75. The highest BCUT2D eigenvalue weighted by molar-refractivity contribution is 6.30. The van der Waals surface area contributed by atoms with Crippen LogP contribution in [0.15, 0.2) is 35.6 Å². The van der Waals surface area contributed by atoms with Crippen LogP contribution in [0, 0.1) is 5.92 Å². The quantitative estimate of drug-likeness (QED) is 0.870. The molecule has 0 bridgehead atoms. The Balaban J connectivity index is 2.00. The van der Waals surface area contributed by atoms with Gasteiger partial charge in [-0.15, -0.1) is 0 Å². The standard InChI is InChI=1S/C19H22ClNO4/c1-11(2)17(22)15-16(12-5-7-13(20)8-6-12)21(19(24)18(15)23)10-14-4-3-9-25-14/h5-8,11,14,16,23H,3-4,9-10H2,1-2H3. The van der Waals surface area contributed by atoms with E-state index in [1.807, 2.05) is 0 Å². The molecule has 1 aromatic rings. The zero-order valence-electron chi connectivity index (χ0n) is 14.4. The number of amides is 1. The van der Waals surface area contributed by atoms with Gasteiger partial charge in [0.2, 0.25) is 0 Å². The van der Waals surface area contributed by atoms with E-state index in [0.717, 1.165) is 18.4 Å². The van der Waals surface area contributed by atoms with E-state index in [9.17, 15) is 14.7 Å². The first-order valence-corrected chi connectivity index (χ1v) is 8.93. The molecule has 2 atom stereocenters. The number of halogens is 1. The molecule has 1 saturated heterocycles. The summed E-state index contributed by atoms with van der Waals surface area (Å²) in [6, 6.07) is 6.41. The third-order valence-electron chi connectivity index (χ3n) is 4.70. The van der Waals surface area contributed by atoms with Gasteiger partial charge in [-0.1, -0.05) is 37.6 Å². The molecule has 3 rings (SSSR count). The molecule has 2 aliphatic rings. The summed E-state index contributed by atoms with van der Waals surface area (Å²) in [5.74, 6) is -1.50. The number of hydrogen-bond donors (Lipinski definition) is 1. The van der Waals surface area contributed by atoms with Crippen molar-refractivity contribution in [3.8, 4) is 0 Å². The number of ether oxygens (including phenoxy) is 1. The molecular formula is C19H22ClNO4. The van der Waals surface area contributed by atoms with Gasteiger partial charge in [-0.2, -0.15) is 0 Å². The highest BCUT2D eigenvalue weighted by Crippen LogP contribution is 2.39. The van der Waals surface area contributed by atoms with Crippen molar-refractivity contribution in [3.05, 3.63) is 46.2 Å². The largest absolute Gasteiger partial charge is 0.503 e. The lowest BCUT2D eigenvalue weighted by atomic mass is 9.91. The average Bonchev–Trinajstić information content (AvgIpc) is 3.17. The van der Waals surface area contributed by atoms with Crippen LogP contribution >= 0.6 is 11.6 Å². The zero-order valence-corrected chi connectivity index (χ0v) is 15.1. The number of Topliss-reactive ketones (excluding diaryl/α,β-unsaturated/α-hetero) is 1. The molecule has 1 N–H and O–H groups in total. The molecule has 0 aromatic heterocycles. The monoisotopic (exact) mass is 363 g/mol. The van der Waals surface area contributed by atoms with Crippen LogP contribution in [0.4, 0.5) is 0 Å². The molecule has 2 aliphatic heterocycles. The fourth-order valence-corrected chi connectivity index (χ4v) is 3.53. The van der Waals surface area contributed by atoms with E-state index < -0.39 is 17.7 Å². The zero-order chi connectivity index (χ0) is 18.1. The van der Waals surface area contributed by atoms with Crippen molar-refractivity contribution in [1.82, 2.24) is 4.90 Å². The number of nitrogens with zero attached hydrogens (tertiary/aromatic N) is 1. The van der Waals surface area contributed by atoms with Gasteiger partial charge in [-0.25, -0.2) is 0 Å². The Labute approximate surface area is 152 Å². The highest BCUT2D eigenvalue weighted by Gasteiger charge is 2.44. The van der Waals surface area contributed by atoms with Crippen LogP contribution in [-0.2, 0) is 14.3 Å². The molecule has 1 aromatic carbocycles. The van der Waals surface area contributed by atoms with Crippen LogP contribution in [-0.4, -0.2) is 41.0 Å². The lowest BCUT2D eigenvalue weighted by molar-refractivity contribution is -0.131. The number of benzene rings is 1. The molecule has 1 amide bonds. The van der Waals surface area contributed by atoms with E-state index in [-0.39, 0.29) is 23.4 Å². The number of rotatable bonds is 5. The van der Waals surface area contributed by atoms with Crippen LogP contribution in [0.5, 0.6) is 0 Å². The lowest BCUT2D eigenvalue weighted by Crippen LogP contribution is -2.37. The van der Waals surface area contributed by atoms with Crippen molar-refractivity contribution in [1.29, 1.82) is 0 Å². The Morgan fingerprint density at radius 1 is 1.36 bits per heavy atom. The maximum atomic E-state index is 12.7. The van der Waals surface area contributed by atoms with Crippen LogP contribution in [0.3, 0.4) is 0 Å². The molecule has 5 nitrogen and oxygen atoms in total. The van der Waals surface area contributed by atoms with Crippen LogP contribution in [0.2, 0.25) is 5.02 Å². The van der Waals surface area contributed by atoms with Crippen molar-refractivity contribution < 1.29 is 19.4 Å². The Morgan fingerprint density at radius 2 is 2.04 bits per heavy atom. The van der Waals surface area contributed by atoms with Crippen LogP contribution in [0.25, 0.3) is 0 Å². The Morgan fingerprint density at radius 3 is 2.60 bits per heavy atom. The fourth-order valence-electron chi connectivity index (χ4n) is 3.40. The first-order chi connectivity index (χ1) is 11.9. The van der Waals surface area contributed by atoms with E-state index in [2.05, 4.69) is 0 Å². The summed E-state index contributed by atoms with van der Waals surface area (Å²) in [5.41, 5.74) is 0.920. The predicted molar refractivity (Wildman–Crippen MR) is 94.4 cm³/mol. The van der Waals surface area contributed by atoms with Gasteiger partial charge in [0, 0.05) is 24.1 Å². The molecule has 6 heteroatoms. The van der Waals surface area contributed by atoms with Crippen molar-refractivity contribution in [3.63, 3.8) is 0 Å². The van der Waals surface area contributed by atoms with E-state index in [4.69, 9.17) is 16.3 Å². The number of ketones is 1. The molecule has 2 unspecified atom stereocenters. The molecule has 2 heterocycles. The summed E-state index contributed by atoms with van der Waals surface area (Å²) in [7, 11) is 0. The summed E-state index contributed by atoms with van der Waals surface area (Å²) >= 11 is 5.97. The predicted octanol–water partition coefficient (Wildman–Crippen LogP) is 3.44. The van der Waals surface area contributed by atoms with E-state index >= 15 is 0 Å². The second-order valence-corrected chi connectivity index (χ2v) is 7.26. The first kappa shape index (κ1) is 18.0. The van der Waals surface area contributed by atoms with E-state index in [1.165, 1.54) is 0 Å². The number of carbonyl (C=O) groups excluding carboxylic acids is 2. The normalized spacial score (nSPS) is 23.8. The Kier molecular flexibility index (Phi) is 5.16. The third-order valence-corrected chi connectivity index (χ3v) is 4.96. The van der Waals surface area contributed by atoms with Crippen LogP contribution in [0.1, 0.15) is 38.3 Å². The summed E-state index contributed by atoms with van der Waals surface area (Å²) in [5, 5.41) is 11.0.